The molecule has 4 heterocycles. The third-order valence-electron chi connectivity index (χ3n) is 4.22. The van der Waals surface area contributed by atoms with Gasteiger partial charge < -0.3 is 30.9 Å². The number of nitroso groups, excluding NO2 is 1. The average Bonchev–Trinajstić information content (AvgIpc) is 2.53. The van der Waals surface area contributed by atoms with Crippen LogP contribution in [0.3, 0.4) is 0 Å². The number of aromatic amines is 1. The van der Waals surface area contributed by atoms with Crippen molar-refractivity contribution in [2.45, 2.75) is 30.3 Å². The summed E-state index contributed by atoms with van der Waals surface area (Å²) in [5.74, 6) is -3.36. The van der Waals surface area contributed by atoms with Gasteiger partial charge in [0.2, 0.25) is 11.7 Å². The van der Waals surface area contributed by atoms with Gasteiger partial charge in [0.05, 0.1) is 11.9 Å². The Labute approximate surface area is 143 Å². The van der Waals surface area contributed by atoms with Crippen LogP contribution in [0.1, 0.15) is 0 Å². The summed E-state index contributed by atoms with van der Waals surface area (Å²) in [5, 5.41) is 26.9. The lowest BCUT2D eigenvalue weighted by Crippen LogP contribution is -2.75. The molecule has 142 valence electrons. The van der Waals surface area contributed by atoms with Gasteiger partial charge in [-0.3, -0.25) is 18.8 Å². The first-order valence-electron chi connectivity index (χ1n) is 7.19. The van der Waals surface area contributed by atoms with Crippen molar-refractivity contribution in [1.29, 1.82) is 0 Å². The van der Waals surface area contributed by atoms with Gasteiger partial charge >= 0.3 is 7.82 Å². The topological polar surface area (TPSA) is 222 Å². The second-order valence-electron chi connectivity index (χ2n) is 5.83. The summed E-state index contributed by atoms with van der Waals surface area (Å²) < 4.78 is 26.5. The van der Waals surface area contributed by atoms with Gasteiger partial charge in [-0.05, 0) is 0 Å². The highest BCUT2D eigenvalue weighted by atomic mass is 31.2. The Morgan fingerprint density at radius 1 is 1.46 bits per heavy atom. The Bertz CT molecular complexity index is 875. The standard InChI is InChI=1S/C10H13N6O9P/c11-9-13-6-3(7(17)14-9)16(15-20)4-8(12-6)24-2-1-23-26(21,22)25-5(2)10(4,18)19/h2,4-5,8,18-19H,1H2,(H,21,22)(H4,11,12,13,14,17). The Kier molecular flexibility index (Phi) is 3.61. The minimum absolute atomic E-state index is 0.174. The molecular formula is C10H13N6O9P. The molecule has 1 aromatic heterocycles. The number of anilines is 3. The van der Waals surface area contributed by atoms with Gasteiger partial charge in [0.1, 0.15) is 6.10 Å². The maximum absolute atomic E-state index is 12.1. The highest BCUT2D eigenvalue weighted by Gasteiger charge is 2.64. The fourth-order valence-corrected chi connectivity index (χ4v) is 4.17. The van der Waals surface area contributed by atoms with Gasteiger partial charge in [0, 0.05) is 0 Å². The lowest BCUT2D eigenvalue weighted by atomic mass is 9.90. The number of nitrogen functional groups attached to an aromatic ring is 1. The van der Waals surface area contributed by atoms with E-state index in [1.165, 1.54) is 0 Å². The fourth-order valence-electron chi connectivity index (χ4n) is 3.20. The molecule has 0 radical (unpaired) electrons. The number of rotatable bonds is 1. The third kappa shape index (κ3) is 2.41. The summed E-state index contributed by atoms with van der Waals surface area (Å²) in [7, 11) is -4.56. The second-order valence-corrected chi connectivity index (χ2v) is 7.24. The van der Waals surface area contributed by atoms with Crippen molar-refractivity contribution >= 4 is 25.3 Å². The quantitative estimate of drug-likeness (QED) is 0.166. The maximum Gasteiger partial charge on any atom is 0.472 e. The smallest absolute Gasteiger partial charge is 0.369 e. The minimum atomic E-state index is -4.56. The number of hydrogen-bond donors (Lipinski definition) is 6. The monoisotopic (exact) mass is 392 g/mol. The van der Waals surface area contributed by atoms with Crippen LogP contribution in [0.2, 0.25) is 0 Å². The van der Waals surface area contributed by atoms with Crippen LogP contribution in [0.25, 0.3) is 0 Å². The number of phosphoric acid groups is 1. The molecule has 0 aliphatic carbocycles. The van der Waals surface area contributed by atoms with E-state index in [0.717, 1.165) is 0 Å². The normalized spacial score (nSPS) is 37.7. The van der Waals surface area contributed by atoms with E-state index in [0.29, 0.717) is 5.01 Å². The average molecular weight is 392 g/mol. The van der Waals surface area contributed by atoms with Crippen molar-refractivity contribution < 1.29 is 33.5 Å². The third-order valence-corrected chi connectivity index (χ3v) is 5.19. The van der Waals surface area contributed by atoms with Gasteiger partial charge in [0.15, 0.2) is 29.9 Å². The van der Waals surface area contributed by atoms with Gasteiger partial charge in [-0.2, -0.15) is 4.98 Å². The van der Waals surface area contributed by atoms with Crippen LogP contribution in [-0.2, 0) is 18.3 Å². The number of aromatic nitrogens is 2. The lowest BCUT2D eigenvalue weighted by Gasteiger charge is -2.53. The molecule has 0 amide bonds. The van der Waals surface area contributed by atoms with Crippen LogP contribution in [0, 0.1) is 4.91 Å². The molecule has 3 aliphatic rings. The molecule has 0 bridgehead atoms. The summed E-state index contributed by atoms with van der Waals surface area (Å²) in [6.45, 7) is -0.488. The van der Waals surface area contributed by atoms with E-state index in [1.807, 2.05) is 0 Å². The van der Waals surface area contributed by atoms with Crippen LogP contribution < -0.4 is 21.6 Å². The zero-order chi connectivity index (χ0) is 18.9. The van der Waals surface area contributed by atoms with E-state index in [-0.39, 0.29) is 11.8 Å². The summed E-state index contributed by atoms with van der Waals surface area (Å²) >= 11 is 0. The van der Waals surface area contributed by atoms with Crippen LogP contribution >= 0.6 is 7.82 Å². The predicted octanol–water partition coefficient (Wildman–Crippen LogP) is -2.44. The second kappa shape index (κ2) is 5.43. The number of aliphatic hydroxyl groups is 2. The molecule has 5 unspecified atom stereocenters. The zero-order valence-corrected chi connectivity index (χ0v) is 13.6. The summed E-state index contributed by atoms with van der Waals surface area (Å²) in [4.78, 5) is 38.9. The number of nitrogens with zero attached hydrogens (tertiary/aromatic N) is 3. The molecular weight excluding hydrogens is 379 g/mol. The van der Waals surface area contributed by atoms with E-state index in [9.17, 15) is 29.4 Å². The first-order chi connectivity index (χ1) is 12.1. The van der Waals surface area contributed by atoms with Crippen LogP contribution in [0.15, 0.2) is 10.1 Å². The number of H-pyrrole nitrogens is 1. The molecule has 0 spiro atoms. The fraction of sp³-hybridized carbons (Fsp3) is 0.600. The molecule has 0 saturated carbocycles. The van der Waals surface area contributed by atoms with Crippen molar-refractivity contribution in [3.8, 4) is 0 Å². The molecule has 15 nitrogen and oxygen atoms in total. The molecule has 1 aromatic rings. The molecule has 5 atom stereocenters. The zero-order valence-electron chi connectivity index (χ0n) is 12.7. The van der Waals surface area contributed by atoms with E-state index in [1.54, 1.807) is 0 Å². The van der Waals surface area contributed by atoms with Crippen LogP contribution in [-0.4, -0.2) is 61.9 Å². The van der Waals surface area contributed by atoms with Gasteiger partial charge in [-0.25, -0.2) is 9.57 Å². The molecule has 16 heteroatoms. The Hall–Kier alpha value is -2.13. The Balaban J connectivity index is 1.82. The Morgan fingerprint density at radius 2 is 2.19 bits per heavy atom. The highest BCUT2D eigenvalue weighted by molar-refractivity contribution is 7.47. The highest BCUT2D eigenvalue weighted by Crippen LogP contribution is 2.53. The first kappa shape index (κ1) is 17.3. The van der Waals surface area contributed by atoms with Gasteiger partial charge in [-0.15, -0.1) is 4.91 Å². The molecule has 4 rings (SSSR count). The van der Waals surface area contributed by atoms with E-state index in [4.69, 9.17) is 15.0 Å². The largest absolute Gasteiger partial charge is 0.472 e. The van der Waals surface area contributed by atoms with E-state index >= 15 is 0 Å². The number of ether oxygens (including phenoxy) is 1. The van der Waals surface area contributed by atoms with E-state index in [2.05, 4.69) is 25.1 Å². The molecule has 2 fully saturated rings. The van der Waals surface area contributed by atoms with Crippen molar-refractivity contribution in [2.24, 2.45) is 5.29 Å². The van der Waals surface area contributed by atoms with Crippen molar-refractivity contribution in [3.63, 3.8) is 0 Å². The molecule has 2 saturated heterocycles. The Morgan fingerprint density at radius 3 is 2.88 bits per heavy atom. The minimum Gasteiger partial charge on any atom is -0.369 e. The number of phosphoric ester groups is 1. The summed E-state index contributed by atoms with van der Waals surface area (Å²) in [6.07, 6.45) is -4.25. The summed E-state index contributed by atoms with van der Waals surface area (Å²) in [5.41, 5.74) is 4.14. The first-order valence-corrected chi connectivity index (χ1v) is 8.68. The number of nitrogens with one attached hydrogen (secondary N) is 2. The molecule has 0 aromatic carbocycles. The van der Waals surface area contributed by atoms with Crippen molar-refractivity contribution in [2.75, 3.05) is 22.7 Å². The van der Waals surface area contributed by atoms with E-state index < -0.39 is 55.9 Å². The number of hydrogen-bond acceptors (Lipinski definition) is 12. The van der Waals surface area contributed by atoms with Crippen LogP contribution in [0.4, 0.5) is 17.5 Å². The maximum atomic E-state index is 12.1. The predicted molar refractivity (Wildman–Crippen MR) is 81.4 cm³/mol. The van der Waals surface area contributed by atoms with Crippen molar-refractivity contribution in [3.05, 3.63) is 15.3 Å². The lowest BCUT2D eigenvalue weighted by molar-refractivity contribution is -0.317. The van der Waals surface area contributed by atoms with Crippen LogP contribution in [0.5, 0.6) is 0 Å². The molecule has 26 heavy (non-hydrogen) atoms. The van der Waals surface area contributed by atoms with Gasteiger partial charge in [0.25, 0.3) is 5.56 Å². The molecule has 3 aliphatic heterocycles. The molecule has 7 N–H and O–H groups in total. The van der Waals surface area contributed by atoms with Crippen molar-refractivity contribution in [1.82, 2.24) is 9.97 Å². The number of nitrogens with two attached hydrogens (primary N) is 1. The number of fused-ring (bicyclic) bond motifs is 3. The SMILES string of the molecule is Nc1nc2c(c(=O)[nH]1)N(N=O)C1C(N2)OC2COP(=O)(O)OC2C1(O)O. The van der Waals surface area contributed by atoms with Gasteiger partial charge in [-0.1, -0.05) is 0 Å². The summed E-state index contributed by atoms with van der Waals surface area (Å²) in [6, 6.07) is -1.71.